The van der Waals surface area contributed by atoms with Crippen molar-refractivity contribution in [3.05, 3.63) is 0 Å². The largest absolute Gasteiger partial charge is 0.379 e. The van der Waals surface area contributed by atoms with Gasteiger partial charge in [0.15, 0.2) is 10.2 Å². The molecular formula is C19H38N8OS2. The van der Waals surface area contributed by atoms with Gasteiger partial charge in [-0.3, -0.25) is 20.7 Å². The van der Waals surface area contributed by atoms with E-state index in [4.69, 9.17) is 29.2 Å². The fraction of sp³-hybridized carbons (Fsp3) is 0.789. The molecule has 172 valence electrons. The molecule has 0 bridgehead atoms. The van der Waals surface area contributed by atoms with Gasteiger partial charge in [0.25, 0.3) is 0 Å². The molecule has 0 radical (unpaired) electrons. The molecule has 1 unspecified atom stereocenters. The van der Waals surface area contributed by atoms with Gasteiger partial charge in [0.2, 0.25) is 0 Å². The average Bonchev–Trinajstić information content (AvgIpc) is 2.75. The molecule has 0 aromatic carbocycles. The van der Waals surface area contributed by atoms with Crippen molar-refractivity contribution in [1.29, 1.82) is 0 Å². The Morgan fingerprint density at radius 3 is 2.07 bits per heavy atom. The molecular weight excluding hydrogens is 420 g/mol. The molecule has 1 heterocycles. The lowest BCUT2D eigenvalue weighted by Crippen LogP contribution is -2.44. The minimum absolute atomic E-state index is 0.397. The maximum atomic E-state index is 5.34. The maximum Gasteiger partial charge on any atom is 0.187 e. The van der Waals surface area contributed by atoms with Crippen molar-refractivity contribution in [3.8, 4) is 0 Å². The van der Waals surface area contributed by atoms with E-state index >= 15 is 0 Å². The topological polar surface area (TPSA) is 88.5 Å². The average molecular weight is 459 g/mol. The van der Waals surface area contributed by atoms with E-state index in [1.54, 1.807) is 0 Å². The highest BCUT2D eigenvalue weighted by Gasteiger charge is 2.10. The zero-order valence-corrected chi connectivity index (χ0v) is 20.6. The maximum absolute atomic E-state index is 5.34. The third-order valence-corrected chi connectivity index (χ3v) is 5.46. The van der Waals surface area contributed by atoms with Crippen molar-refractivity contribution >= 4 is 46.1 Å². The summed E-state index contributed by atoms with van der Waals surface area (Å²) in [5.41, 5.74) is 7.17. The number of nitrogens with one attached hydrogen (secondary N) is 4. The first-order valence-electron chi connectivity index (χ1n) is 10.6. The van der Waals surface area contributed by atoms with E-state index in [1.165, 1.54) is 0 Å². The first-order valence-corrected chi connectivity index (χ1v) is 11.4. The summed E-state index contributed by atoms with van der Waals surface area (Å²) in [4.78, 5) is 4.71. The number of rotatable bonds is 11. The van der Waals surface area contributed by atoms with E-state index in [0.717, 1.165) is 70.5 Å². The molecule has 0 amide bonds. The van der Waals surface area contributed by atoms with Gasteiger partial charge in [-0.2, -0.15) is 10.2 Å². The number of hydrogen-bond donors (Lipinski definition) is 4. The van der Waals surface area contributed by atoms with Crippen LogP contribution in [0.5, 0.6) is 0 Å². The van der Waals surface area contributed by atoms with Gasteiger partial charge < -0.3 is 15.4 Å². The molecule has 0 spiro atoms. The third-order valence-electron chi connectivity index (χ3n) is 4.98. The summed E-state index contributed by atoms with van der Waals surface area (Å²) in [5.74, 6) is 0. The van der Waals surface area contributed by atoms with Crippen LogP contribution in [-0.4, -0.2) is 96.5 Å². The molecule has 1 saturated heterocycles. The number of likely N-dealkylation sites (N-methyl/N-ethyl adjacent to an activating group) is 1. The third kappa shape index (κ3) is 11.1. The van der Waals surface area contributed by atoms with E-state index in [9.17, 15) is 0 Å². The highest BCUT2D eigenvalue weighted by Crippen LogP contribution is 1.96. The highest BCUT2D eigenvalue weighted by molar-refractivity contribution is 7.80. The van der Waals surface area contributed by atoms with Gasteiger partial charge in [-0.25, -0.2) is 0 Å². The van der Waals surface area contributed by atoms with Crippen molar-refractivity contribution in [2.75, 3.05) is 59.0 Å². The lowest BCUT2D eigenvalue weighted by molar-refractivity contribution is 0.0389. The SMILES string of the molecule is CCN(CC)C(C)CNC(=S)N/N=C(C)\C(C)=N/NC(=S)NCCN1CCOCC1. The van der Waals surface area contributed by atoms with Crippen LogP contribution >= 0.6 is 24.4 Å². The molecule has 4 N–H and O–H groups in total. The van der Waals surface area contributed by atoms with Gasteiger partial charge in [0, 0.05) is 38.8 Å². The summed E-state index contributed by atoms with van der Waals surface area (Å²) in [6.07, 6.45) is 0. The molecule has 1 aliphatic rings. The van der Waals surface area contributed by atoms with Crippen LogP contribution in [0.2, 0.25) is 0 Å². The summed E-state index contributed by atoms with van der Waals surface area (Å²) in [6.45, 7) is 18.2. The summed E-state index contributed by atoms with van der Waals surface area (Å²) in [6, 6.07) is 0.397. The van der Waals surface area contributed by atoms with Gasteiger partial charge in [-0.1, -0.05) is 13.8 Å². The Morgan fingerprint density at radius 1 is 1.00 bits per heavy atom. The molecule has 1 rings (SSSR count). The molecule has 0 saturated carbocycles. The summed E-state index contributed by atoms with van der Waals surface area (Å²) in [5, 5.41) is 15.9. The Morgan fingerprint density at radius 2 is 1.53 bits per heavy atom. The molecule has 0 aromatic rings. The van der Waals surface area contributed by atoms with E-state index in [2.05, 4.69) is 62.3 Å². The molecule has 30 heavy (non-hydrogen) atoms. The number of nitrogens with zero attached hydrogens (tertiary/aromatic N) is 4. The second kappa shape index (κ2) is 15.4. The van der Waals surface area contributed by atoms with Crippen LogP contribution in [0.4, 0.5) is 0 Å². The minimum atomic E-state index is 0.397. The van der Waals surface area contributed by atoms with Crippen LogP contribution in [0.15, 0.2) is 10.2 Å². The van der Waals surface area contributed by atoms with Crippen LogP contribution in [-0.2, 0) is 4.74 Å². The van der Waals surface area contributed by atoms with E-state index in [-0.39, 0.29) is 0 Å². The van der Waals surface area contributed by atoms with Gasteiger partial charge in [0.05, 0.1) is 24.6 Å². The normalized spacial score (nSPS) is 16.9. The first-order chi connectivity index (χ1) is 14.4. The predicted molar refractivity (Wildman–Crippen MR) is 133 cm³/mol. The standard InChI is InChI=1S/C19H38N8OS2/c1-6-27(7-2)15(3)14-21-19(30)25-23-17(5)16(4)22-24-18(29)20-8-9-26-10-12-28-13-11-26/h15H,6-14H2,1-5H3,(H2,20,24,29)(H2,21,25,30)/b22-16-,23-17-. The Balaban J connectivity index is 2.29. The van der Waals surface area contributed by atoms with Gasteiger partial charge >= 0.3 is 0 Å². The number of ether oxygens (including phenoxy) is 1. The second-order valence-electron chi connectivity index (χ2n) is 7.11. The predicted octanol–water partition coefficient (Wildman–Crippen LogP) is 0.729. The summed E-state index contributed by atoms with van der Waals surface area (Å²) < 4.78 is 5.34. The number of thiocarbonyl (C=S) groups is 2. The van der Waals surface area contributed by atoms with E-state index in [0.29, 0.717) is 16.3 Å². The lowest BCUT2D eigenvalue weighted by Gasteiger charge is -2.26. The van der Waals surface area contributed by atoms with E-state index in [1.807, 2.05) is 13.8 Å². The minimum Gasteiger partial charge on any atom is -0.379 e. The number of hydrazone groups is 2. The number of hydrogen-bond acceptors (Lipinski definition) is 7. The summed E-state index contributed by atoms with van der Waals surface area (Å²) in [7, 11) is 0. The zero-order chi connectivity index (χ0) is 22.4. The molecule has 9 nitrogen and oxygen atoms in total. The van der Waals surface area contributed by atoms with Crippen LogP contribution in [0.1, 0.15) is 34.6 Å². The molecule has 0 aromatic heterocycles. The van der Waals surface area contributed by atoms with Gasteiger partial charge in [-0.05, 0) is 58.3 Å². The van der Waals surface area contributed by atoms with Crippen molar-refractivity contribution in [3.63, 3.8) is 0 Å². The summed E-state index contributed by atoms with van der Waals surface area (Å²) >= 11 is 10.6. The lowest BCUT2D eigenvalue weighted by atomic mass is 10.3. The van der Waals surface area contributed by atoms with Gasteiger partial charge in [0.1, 0.15) is 0 Å². The second-order valence-corrected chi connectivity index (χ2v) is 7.92. The highest BCUT2D eigenvalue weighted by atomic mass is 32.1. The molecule has 1 aliphatic heterocycles. The van der Waals surface area contributed by atoms with Crippen LogP contribution in [0.25, 0.3) is 0 Å². The Hall–Kier alpha value is -1.40. The number of morpholine rings is 1. The van der Waals surface area contributed by atoms with Crippen LogP contribution in [0, 0.1) is 0 Å². The smallest absolute Gasteiger partial charge is 0.187 e. The van der Waals surface area contributed by atoms with Crippen LogP contribution in [0.3, 0.4) is 0 Å². The van der Waals surface area contributed by atoms with Crippen molar-refractivity contribution in [2.45, 2.75) is 40.7 Å². The quantitative estimate of drug-likeness (QED) is 0.203. The fourth-order valence-electron chi connectivity index (χ4n) is 2.88. The molecule has 1 atom stereocenters. The zero-order valence-electron chi connectivity index (χ0n) is 19.0. The Bertz CT molecular complexity index is 589. The van der Waals surface area contributed by atoms with Crippen molar-refractivity contribution in [1.82, 2.24) is 31.3 Å². The first kappa shape index (κ1) is 26.6. The molecule has 0 aliphatic carbocycles. The van der Waals surface area contributed by atoms with E-state index < -0.39 is 0 Å². The Labute approximate surface area is 192 Å². The van der Waals surface area contributed by atoms with Crippen LogP contribution < -0.4 is 21.5 Å². The monoisotopic (exact) mass is 458 g/mol. The fourth-order valence-corrected chi connectivity index (χ4v) is 3.16. The van der Waals surface area contributed by atoms with Crippen molar-refractivity contribution < 1.29 is 4.74 Å². The molecule has 1 fully saturated rings. The Kier molecular flexibility index (Phi) is 13.7. The molecule has 11 heteroatoms. The van der Waals surface area contributed by atoms with Crippen molar-refractivity contribution in [2.24, 2.45) is 10.2 Å². The van der Waals surface area contributed by atoms with Gasteiger partial charge in [-0.15, -0.1) is 0 Å².